The summed E-state index contributed by atoms with van der Waals surface area (Å²) < 4.78 is 0. The fraction of sp³-hybridized carbons (Fsp3) is 0. The Morgan fingerprint density at radius 2 is 0.514 bits per heavy atom. The molecule has 0 unspecified atom stereocenters. The molecule has 0 atom stereocenters. The summed E-state index contributed by atoms with van der Waals surface area (Å²) in [6.45, 7) is 0. The van der Waals surface area contributed by atoms with Crippen LogP contribution in [0.1, 0.15) is 0 Å². The highest BCUT2D eigenvalue weighted by Gasteiger charge is 2.29. The second-order valence-electron chi connectivity index (χ2n) is 18.6. The molecule has 0 amide bonds. The van der Waals surface area contributed by atoms with Crippen LogP contribution in [0, 0.1) is 0 Å². The standard InChI is InChI=1S/C66H40N6S2/c1-5-17-45-37-49(29-25-41(45)13-1)71(50-30-26-42-14-2-6-18-46(42)38-50)65-55-23-11-9-21-53(55)63(73-65)57-59-61(69-35-33-67-59)58(62-60(57)68-34-36-70-62)64-54-22-10-12-24-56(54)66(74-64)72(51-31-27-43-15-3-7-19-47(43)39-51)52-32-28-44-16-4-8-20-48(44)40-52/h1-40H. The molecule has 74 heavy (non-hydrogen) atoms. The SMILES string of the molecule is c1ccc2cc(N(c3ccc4ccccc4c3)c3sc(-c4c5nccnc5c(-c5sc(N(c6ccc7ccccc7c6)c6ccc7ccccc7c6)c6ccccc56)c5nccnc45)c4ccccc34)ccc2c1. The molecule has 8 heteroatoms. The van der Waals surface area contributed by atoms with Gasteiger partial charge in [-0.15, -0.1) is 22.7 Å². The highest BCUT2D eigenvalue weighted by atomic mass is 32.1. The van der Waals surface area contributed by atoms with Crippen LogP contribution in [0.5, 0.6) is 0 Å². The molecule has 0 aliphatic carbocycles. The average molecular weight is 981 g/mol. The van der Waals surface area contributed by atoms with Crippen molar-refractivity contribution in [3.8, 4) is 20.9 Å². The molecule has 15 rings (SSSR count). The summed E-state index contributed by atoms with van der Waals surface area (Å²) in [5.74, 6) is 0. The monoisotopic (exact) mass is 980 g/mol. The van der Waals surface area contributed by atoms with Crippen LogP contribution in [0.15, 0.2) is 243 Å². The lowest BCUT2D eigenvalue weighted by Gasteiger charge is -2.25. The van der Waals surface area contributed by atoms with Gasteiger partial charge in [-0.25, -0.2) is 0 Å². The first-order valence-electron chi connectivity index (χ1n) is 24.7. The van der Waals surface area contributed by atoms with E-state index < -0.39 is 0 Å². The van der Waals surface area contributed by atoms with E-state index in [4.69, 9.17) is 19.9 Å². The van der Waals surface area contributed by atoms with Crippen molar-refractivity contribution < 1.29 is 0 Å². The van der Waals surface area contributed by atoms with E-state index in [0.29, 0.717) is 0 Å². The molecule has 6 nitrogen and oxygen atoms in total. The quantitative estimate of drug-likeness (QED) is 0.141. The van der Waals surface area contributed by atoms with Gasteiger partial charge in [-0.3, -0.25) is 19.9 Å². The van der Waals surface area contributed by atoms with Crippen LogP contribution < -0.4 is 9.80 Å². The van der Waals surface area contributed by atoms with Crippen LogP contribution in [-0.2, 0) is 0 Å². The van der Waals surface area contributed by atoms with Crippen molar-refractivity contribution in [2.45, 2.75) is 0 Å². The normalized spacial score (nSPS) is 11.8. The van der Waals surface area contributed by atoms with Crippen LogP contribution in [0.2, 0.25) is 0 Å². The third-order valence-corrected chi connectivity index (χ3v) is 16.8. The summed E-state index contributed by atoms with van der Waals surface area (Å²) in [7, 11) is 0. The van der Waals surface area contributed by atoms with Gasteiger partial charge in [0.2, 0.25) is 0 Å². The van der Waals surface area contributed by atoms with Gasteiger partial charge in [-0.05, 0) is 91.6 Å². The van der Waals surface area contributed by atoms with Crippen molar-refractivity contribution in [3.63, 3.8) is 0 Å². The molecule has 11 aromatic carbocycles. The van der Waals surface area contributed by atoms with Crippen LogP contribution >= 0.6 is 22.7 Å². The molecule has 0 fully saturated rings. The third-order valence-electron chi connectivity index (χ3n) is 14.4. The van der Waals surface area contributed by atoms with E-state index >= 15 is 0 Å². The van der Waals surface area contributed by atoms with E-state index in [1.807, 2.05) is 24.8 Å². The van der Waals surface area contributed by atoms with Gasteiger partial charge in [0.05, 0.1) is 0 Å². The minimum Gasteiger partial charge on any atom is -0.301 e. The fourth-order valence-electron chi connectivity index (χ4n) is 10.9. The first-order valence-corrected chi connectivity index (χ1v) is 26.3. The van der Waals surface area contributed by atoms with Gasteiger partial charge < -0.3 is 9.80 Å². The minimum absolute atomic E-state index is 0.775. The van der Waals surface area contributed by atoms with Crippen molar-refractivity contribution in [1.82, 2.24) is 19.9 Å². The Balaban J connectivity index is 0.975. The van der Waals surface area contributed by atoms with Crippen molar-refractivity contribution in [1.29, 1.82) is 0 Å². The largest absolute Gasteiger partial charge is 0.301 e. The smallest absolute Gasteiger partial charge is 0.109 e. The van der Waals surface area contributed by atoms with E-state index in [1.54, 1.807) is 22.7 Å². The van der Waals surface area contributed by atoms with Crippen molar-refractivity contribution in [2.24, 2.45) is 0 Å². The van der Waals surface area contributed by atoms with Crippen molar-refractivity contribution in [3.05, 3.63) is 243 Å². The predicted octanol–water partition coefficient (Wildman–Crippen LogP) is 18.9. The summed E-state index contributed by atoms with van der Waals surface area (Å²) in [6, 6.07) is 78.8. The zero-order valence-electron chi connectivity index (χ0n) is 39.6. The summed E-state index contributed by atoms with van der Waals surface area (Å²) in [6.07, 6.45) is 7.24. The molecule has 346 valence electrons. The topological polar surface area (TPSA) is 58.0 Å². The number of fused-ring (bicyclic) bond motifs is 8. The number of hydrogen-bond donors (Lipinski definition) is 0. The lowest BCUT2D eigenvalue weighted by atomic mass is 9.98. The van der Waals surface area contributed by atoms with E-state index in [1.165, 1.54) is 43.1 Å². The van der Waals surface area contributed by atoms with Crippen molar-refractivity contribution >= 4 is 142 Å². The second-order valence-corrected chi connectivity index (χ2v) is 20.6. The molecule has 0 saturated carbocycles. The molecule has 0 spiro atoms. The lowest BCUT2D eigenvalue weighted by molar-refractivity contribution is 1.27. The second kappa shape index (κ2) is 17.2. The number of hydrogen-bond acceptors (Lipinski definition) is 8. The van der Waals surface area contributed by atoms with Gasteiger partial charge in [0.15, 0.2) is 0 Å². The Hall–Kier alpha value is -9.34. The first-order chi connectivity index (χ1) is 36.7. The highest BCUT2D eigenvalue weighted by molar-refractivity contribution is 7.22. The number of thiophene rings is 2. The summed E-state index contributed by atoms with van der Waals surface area (Å²) in [5.41, 5.74) is 9.22. The van der Waals surface area contributed by atoms with Gasteiger partial charge in [0, 0.05) is 90.0 Å². The number of nitrogens with zero attached hydrogens (tertiary/aromatic N) is 6. The molecule has 0 aliphatic rings. The zero-order valence-corrected chi connectivity index (χ0v) is 41.2. The Kier molecular flexibility index (Phi) is 9.83. The van der Waals surface area contributed by atoms with E-state index in [-0.39, 0.29) is 0 Å². The van der Waals surface area contributed by atoms with Crippen LogP contribution in [0.25, 0.3) is 108 Å². The highest BCUT2D eigenvalue weighted by Crippen LogP contribution is 2.55. The average Bonchev–Trinajstić information content (AvgIpc) is 4.05. The Morgan fingerprint density at radius 3 is 0.811 bits per heavy atom. The molecule has 0 aliphatic heterocycles. The molecule has 0 N–H and O–H groups in total. The molecule has 0 radical (unpaired) electrons. The summed E-state index contributed by atoms with van der Waals surface area (Å²) in [4.78, 5) is 28.0. The predicted molar refractivity (Wildman–Crippen MR) is 314 cm³/mol. The maximum absolute atomic E-state index is 5.27. The maximum Gasteiger partial charge on any atom is 0.109 e. The molecule has 4 aromatic heterocycles. The van der Waals surface area contributed by atoms with Crippen LogP contribution in [0.4, 0.5) is 32.8 Å². The van der Waals surface area contributed by atoms with Crippen molar-refractivity contribution in [2.75, 3.05) is 9.80 Å². The maximum atomic E-state index is 5.27. The van der Waals surface area contributed by atoms with Crippen LogP contribution in [0.3, 0.4) is 0 Å². The molecular weight excluding hydrogens is 941 g/mol. The van der Waals surface area contributed by atoms with Crippen LogP contribution in [-0.4, -0.2) is 19.9 Å². The number of anilines is 6. The number of aromatic nitrogens is 4. The molecule has 0 bridgehead atoms. The Morgan fingerprint density at radius 1 is 0.257 bits per heavy atom. The van der Waals surface area contributed by atoms with Gasteiger partial charge >= 0.3 is 0 Å². The number of rotatable bonds is 8. The van der Waals surface area contributed by atoms with Gasteiger partial charge in [-0.1, -0.05) is 170 Å². The van der Waals surface area contributed by atoms with Gasteiger partial charge in [0.25, 0.3) is 0 Å². The molecule has 0 saturated heterocycles. The van der Waals surface area contributed by atoms with Gasteiger partial charge in [-0.2, -0.15) is 0 Å². The summed E-state index contributed by atoms with van der Waals surface area (Å²) >= 11 is 3.52. The molecule has 15 aromatic rings. The lowest BCUT2D eigenvalue weighted by Crippen LogP contribution is -2.08. The Labute approximate surface area is 433 Å². The third kappa shape index (κ3) is 6.84. The van der Waals surface area contributed by atoms with E-state index in [2.05, 4.69) is 228 Å². The fourth-order valence-corrected chi connectivity index (χ4v) is 13.7. The van der Waals surface area contributed by atoms with Gasteiger partial charge in [0.1, 0.15) is 32.1 Å². The summed E-state index contributed by atoms with van der Waals surface area (Å²) in [5, 5.41) is 16.2. The van der Waals surface area contributed by atoms with E-state index in [9.17, 15) is 0 Å². The minimum atomic E-state index is 0.775. The zero-order chi connectivity index (χ0) is 48.7. The number of benzene rings is 11. The first kappa shape index (κ1) is 42.4. The van der Waals surface area contributed by atoms with E-state index in [0.717, 1.165) is 97.2 Å². The molecular formula is C66H40N6S2. The molecule has 4 heterocycles. The Bertz CT molecular complexity index is 4220.